The van der Waals surface area contributed by atoms with E-state index < -0.39 is 34.8 Å². The Morgan fingerprint density at radius 2 is 1.53 bits per heavy atom. The molecule has 1 N–H and O–H groups in total. The highest BCUT2D eigenvalue weighted by atomic mass is 19.4. The van der Waals surface area contributed by atoms with Gasteiger partial charge >= 0.3 is 12.4 Å². The lowest BCUT2D eigenvalue weighted by molar-refractivity contribution is -0.143. The first kappa shape index (κ1) is 13.2. The molecule has 0 saturated carbocycles. The Hall–Kier alpha value is -1.91. The van der Waals surface area contributed by atoms with Crippen molar-refractivity contribution in [2.24, 2.45) is 0 Å². The predicted molar refractivity (Wildman–Crippen MR) is 42.8 cm³/mol. The van der Waals surface area contributed by atoms with Gasteiger partial charge in [0, 0.05) is 0 Å². The summed E-state index contributed by atoms with van der Waals surface area (Å²) in [6, 6.07) is 0.879. The number of phenols is 1. The largest absolute Gasteiger partial charge is 0.507 e. The van der Waals surface area contributed by atoms with E-state index in [0.29, 0.717) is 0 Å². The van der Waals surface area contributed by atoms with Crippen molar-refractivity contribution >= 4 is 0 Å². The summed E-state index contributed by atoms with van der Waals surface area (Å²) in [6.07, 6.45) is -10.2. The number of hydrogen-bond acceptors (Lipinski definition) is 2. The van der Waals surface area contributed by atoms with E-state index in [9.17, 15) is 26.3 Å². The molecule has 0 spiro atoms. The van der Waals surface area contributed by atoms with Crippen molar-refractivity contribution in [3.63, 3.8) is 0 Å². The van der Waals surface area contributed by atoms with E-state index in [1.165, 1.54) is 0 Å². The minimum atomic E-state index is -5.15. The van der Waals surface area contributed by atoms with E-state index in [1.807, 2.05) is 0 Å². The number of nitrogens with zero attached hydrogens (tertiary/aromatic N) is 1. The molecule has 1 aromatic rings. The van der Waals surface area contributed by atoms with Gasteiger partial charge in [-0.3, -0.25) is 0 Å². The van der Waals surface area contributed by atoms with E-state index in [4.69, 9.17) is 10.4 Å². The molecule has 0 aromatic heterocycles. The maximum Gasteiger partial charge on any atom is 0.417 e. The number of rotatable bonds is 0. The first-order valence-electron chi connectivity index (χ1n) is 3.99. The normalized spacial score (nSPS) is 12.3. The van der Waals surface area contributed by atoms with Crippen LogP contribution in [-0.4, -0.2) is 5.11 Å². The summed E-state index contributed by atoms with van der Waals surface area (Å²) in [5, 5.41) is 17.3. The van der Waals surface area contributed by atoms with Crippen LogP contribution in [0.1, 0.15) is 16.7 Å². The molecule has 2 nitrogen and oxygen atoms in total. The minimum absolute atomic E-state index is 0.0772. The van der Waals surface area contributed by atoms with E-state index in [1.54, 1.807) is 0 Å². The van der Waals surface area contributed by atoms with Gasteiger partial charge in [-0.05, 0) is 12.1 Å². The third-order valence-electron chi connectivity index (χ3n) is 1.86. The molecule has 0 heterocycles. The van der Waals surface area contributed by atoms with Crippen LogP contribution in [0.15, 0.2) is 12.1 Å². The van der Waals surface area contributed by atoms with Crippen LogP contribution in [0.3, 0.4) is 0 Å². The summed E-state index contributed by atoms with van der Waals surface area (Å²) in [7, 11) is 0. The lowest BCUT2D eigenvalue weighted by Crippen LogP contribution is -2.12. The Balaban J connectivity index is 3.58. The fourth-order valence-electron chi connectivity index (χ4n) is 1.13. The van der Waals surface area contributed by atoms with E-state index in [2.05, 4.69) is 0 Å². The van der Waals surface area contributed by atoms with Crippen LogP contribution in [0, 0.1) is 11.3 Å². The Bertz CT molecular complexity index is 482. The maximum absolute atomic E-state index is 12.4. The average molecular weight is 255 g/mol. The van der Waals surface area contributed by atoms with Gasteiger partial charge < -0.3 is 5.11 Å². The number of halogens is 6. The molecule has 0 amide bonds. The zero-order valence-corrected chi connectivity index (χ0v) is 7.82. The third-order valence-corrected chi connectivity index (χ3v) is 1.86. The van der Waals surface area contributed by atoms with Crippen LogP contribution in [0.2, 0.25) is 0 Å². The van der Waals surface area contributed by atoms with Gasteiger partial charge in [0.1, 0.15) is 17.4 Å². The minimum Gasteiger partial charge on any atom is -0.507 e. The monoisotopic (exact) mass is 255 g/mol. The van der Waals surface area contributed by atoms with Gasteiger partial charge in [0.2, 0.25) is 0 Å². The standard InChI is InChI=1S/C9H3F6NO/c10-8(11,12)4-1-6(9(13,14)15)5(3-16)7(17)2-4/h1-2,17H. The van der Waals surface area contributed by atoms with Crippen molar-refractivity contribution in [1.82, 2.24) is 0 Å². The first-order chi connectivity index (χ1) is 7.57. The lowest BCUT2D eigenvalue weighted by Gasteiger charge is -2.13. The maximum atomic E-state index is 12.4. The molecule has 17 heavy (non-hydrogen) atoms. The fourth-order valence-corrected chi connectivity index (χ4v) is 1.13. The first-order valence-corrected chi connectivity index (χ1v) is 3.99. The van der Waals surface area contributed by atoms with E-state index in [0.717, 1.165) is 6.07 Å². The van der Waals surface area contributed by atoms with Gasteiger partial charge in [0.05, 0.1) is 11.1 Å². The highest BCUT2D eigenvalue weighted by molar-refractivity contribution is 5.52. The summed E-state index contributed by atoms with van der Waals surface area (Å²) >= 11 is 0. The lowest BCUT2D eigenvalue weighted by atomic mass is 10.0. The number of phenolic OH excluding ortho intramolecular Hbond substituents is 1. The number of aromatic hydroxyl groups is 1. The number of hydrogen-bond donors (Lipinski definition) is 1. The quantitative estimate of drug-likeness (QED) is 0.723. The van der Waals surface area contributed by atoms with Crippen LogP contribution in [-0.2, 0) is 12.4 Å². The zero-order chi connectivity index (χ0) is 13.4. The summed E-state index contributed by atoms with van der Waals surface area (Å²) in [5.74, 6) is -1.35. The van der Waals surface area contributed by atoms with Crippen LogP contribution < -0.4 is 0 Å². The molecular weight excluding hydrogens is 252 g/mol. The molecule has 0 bridgehead atoms. The third kappa shape index (κ3) is 2.61. The van der Waals surface area contributed by atoms with E-state index >= 15 is 0 Å². The van der Waals surface area contributed by atoms with Gasteiger partial charge in [-0.15, -0.1) is 0 Å². The second-order valence-corrected chi connectivity index (χ2v) is 3.03. The number of alkyl halides is 6. The summed E-state index contributed by atoms with van der Waals surface area (Å²) < 4.78 is 73.7. The second-order valence-electron chi connectivity index (χ2n) is 3.03. The van der Waals surface area contributed by atoms with Crippen LogP contribution >= 0.6 is 0 Å². The van der Waals surface area contributed by atoms with Crippen molar-refractivity contribution in [3.05, 3.63) is 28.8 Å². The predicted octanol–water partition coefficient (Wildman–Crippen LogP) is 3.30. The van der Waals surface area contributed by atoms with Gasteiger partial charge in [-0.1, -0.05) is 0 Å². The highest BCUT2D eigenvalue weighted by Crippen LogP contribution is 2.40. The van der Waals surface area contributed by atoms with Crippen LogP contribution in [0.25, 0.3) is 0 Å². The smallest absolute Gasteiger partial charge is 0.417 e. The molecule has 0 aliphatic carbocycles. The number of nitriles is 1. The molecule has 0 saturated heterocycles. The average Bonchev–Trinajstić information content (AvgIpc) is 2.13. The van der Waals surface area contributed by atoms with Crippen LogP contribution in [0.4, 0.5) is 26.3 Å². The van der Waals surface area contributed by atoms with Gasteiger partial charge in [-0.25, -0.2) is 0 Å². The molecule has 0 atom stereocenters. The molecule has 0 fully saturated rings. The number of benzene rings is 1. The van der Waals surface area contributed by atoms with Gasteiger partial charge in [0.15, 0.2) is 0 Å². The fraction of sp³-hybridized carbons (Fsp3) is 0.222. The Labute approximate surface area is 90.7 Å². The molecule has 0 aliphatic heterocycles. The summed E-state index contributed by atoms with van der Waals surface area (Å²) in [5.41, 5.74) is -4.71. The van der Waals surface area contributed by atoms with Crippen molar-refractivity contribution < 1.29 is 31.4 Å². The van der Waals surface area contributed by atoms with Crippen molar-refractivity contribution in [2.75, 3.05) is 0 Å². The SMILES string of the molecule is N#Cc1c(O)cc(C(F)(F)F)cc1C(F)(F)F. The van der Waals surface area contributed by atoms with Crippen molar-refractivity contribution in [3.8, 4) is 11.8 Å². The summed E-state index contributed by atoms with van der Waals surface area (Å²) in [4.78, 5) is 0. The van der Waals surface area contributed by atoms with E-state index in [-0.39, 0.29) is 12.1 Å². The van der Waals surface area contributed by atoms with Crippen LogP contribution in [0.5, 0.6) is 5.75 Å². The Morgan fingerprint density at radius 3 is 1.88 bits per heavy atom. The van der Waals surface area contributed by atoms with Gasteiger partial charge in [0.25, 0.3) is 0 Å². The van der Waals surface area contributed by atoms with Gasteiger partial charge in [-0.2, -0.15) is 31.6 Å². The van der Waals surface area contributed by atoms with Crippen molar-refractivity contribution in [1.29, 1.82) is 5.26 Å². The Morgan fingerprint density at radius 1 is 1.00 bits per heavy atom. The molecule has 1 aromatic carbocycles. The topological polar surface area (TPSA) is 44.0 Å². The molecule has 92 valence electrons. The molecule has 1 rings (SSSR count). The molecule has 0 unspecified atom stereocenters. The second kappa shape index (κ2) is 3.84. The Kier molecular flexibility index (Phi) is 2.97. The van der Waals surface area contributed by atoms with Crippen molar-refractivity contribution in [2.45, 2.75) is 12.4 Å². The zero-order valence-electron chi connectivity index (χ0n) is 7.82. The molecule has 0 radical (unpaired) electrons. The summed E-state index contributed by atoms with van der Waals surface area (Å²) in [6.45, 7) is 0. The molecule has 0 aliphatic rings. The highest BCUT2D eigenvalue weighted by Gasteiger charge is 2.39. The molecular formula is C9H3F6NO. The molecule has 8 heteroatoms.